The van der Waals surface area contributed by atoms with E-state index in [-0.39, 0.29) is 54.5 Å². The lowest BCUT2D eigenvalue weighted by atomic mass is 9.93. The second-order valence-corrected chi connectivity index (χ2v) is 10.8. The molecule has 43 heavy (non-hydrogen) atoms. The van der Waals surface area contributed by atoms with E-state index in [1.54, 1.807) is 41.2 Å². The Bertz CT molecular complexity index is 1730. The molecule has 1 fully saturated rings. The molecular formula is C31H32FN7O4. The minimum Gasteiger partial charge on any atom is -0.496 e. The Morgan fingerprint density at radius 1 is 1.14 bits per heavy atom. The number of para-hydroxylation sites is 1. The van der Waals surface area contributed by atoms with Gasteiger partial charge in [0.25, 0.3) is 5.91 Å². The first-order valence-corrected chi connectivity index (χ1v) is 14.2. The first kappa shape index (κ1) is 28.1. The number of nitrogens with zero attached hydrogens (tertiary/aromatic N) is 5. The number of piperazine rings is 1. The van der Waals surface area contributed by atoms with E-state index in [0.29, 0.717) is 53.9 Å². The zero-order valence-electron chi connectivity index (χ0n) is 24.0. The maximum absolute atomic E-state index is 16.4. The standard InChI is InChI=1S/C31H32FN7O4/c1-19-16-33-27(40)18-39(19)31(42)25-15-24-23(21-7-3-4-8-26(21)43-2)14-22(29(32)30(24)35-25)20-6-5-11-37(17-20)28(41)9-12-38-13-10-34-36-38/h3-4,6-8,10,13-15,19,35H,5,9,11-12,16-18H2,1-2H3,(H,33,40)/t19-/m0/s1. The fourth-order valence-corrected chi connectivity index (χ4v) is 5.74. The van der Waals surface area contributed by atoms with Crippen molar-refractivity contribution in [1.29, 1.82) is 0 Å². The first-order chi connectivity index (χ1) is 20.8. The van der Waals surface area contributed by atoms with Gasteiger partial charge in [0.1, 0.15) is 18.0 Å². The summed E-state index contributed by atoms with van der Waals surface area (Å²) in [4.78, 5) is 44.9. The lowest BCUT2D eigenvalue weighted by Crippen LogP contribution is -2.55. The highest BCUT2D eigenvalue weighted by molar-refractivity contribution is 6.06. The number of fused-ring (bicyclic) bond motifs is 1. The summed E-state index contributed by atoms with van der Waals surface area (Å²) in [6.07, 6.45) is 6.05. The molecule has 0 aliphatic carbocycles. The average molecular weight is 586 g/mol. The monoisotopic (exact) mass is 585 g/mol. The van der Waals surface area contributed by atoms with E-state index < -0.39 is 5.82 Å². The number of hydrogen-bond acceptors (Lipinski definition) is 6. The molecule has 2 aromatic heterocycles. The van der Waals surface area contributed by atoms with Crippen LogP contribution in [0.5, 0.6) is 5.75 Å². The molecule has 4 heterocycles. The number of aromatic amines is 1. The number of halogens is 1. The Labute approximate surface area is 247 Å². The van der Waals surface area contributed by atoms with Crippen LogP contribution in [0.15, 0.2) is 54.9 Å². The molecule has 2 aliphatic heterocycles. The summed E-state index contributed by atoms with van der Waals surface area (Å²) in [6, 6.07) is 10.6. The zero-order chi connectivity index (χ0) is 30.1. The molecule has 11 nitrogen and oxygen atoms in total. The Morgan fingerprint density at radius 3 is 2.77 bits per heavy atom. The van der Waals surface area contributed by atoms with Gasteiger partial charge in [0.2, 0.25) is 11.8 Å². The maximum atomic E-state index is 16.4. The summed E-state index contributed by atoms with van der Waals surface area (Å²) < 4.78 is 23.7. The summed E-state index contributed by atoms with van der Waals surface area (Å²) in [6.45, 7) is 3.31. The topological polar surface area (TPSA) is 125 Å². The molecule has 1 atom stereocenters. The summed E-state index contributed by atoms with van der Waals surface area (Å²) in [5.74, 6) is -0.596. The molecular weight excluding hydrogens is 553 g/mol. The number of rotatable bonds is 7. The Hall–Kier alpha value is -5.00. The Morgan fingerprint density at radius 2 is 1.98 bits per heavy atom. The van der Waals surface area contributed by atoms with E-state index in [0.717, 1.165) is 5.56 Å². The normalized spacial score (nSPS) is 17.1. The molecule has 0 saturated carbocycles. The summed E-state index contributed by atoms with van der Waals surface area (Å²) in [7, 11) is 1.57. The van der Waals surface area contributed by atoms with Crippen molar-refractivity contribution in [3.63, 3.8) is 0 Å². The van der Waals surface area contributed by atoms with E-state index in [2.05, 4.69) is 20.6 Å². The van der Waals surface area contributed by atoms with Crippen LogP contribution in [-0.4, -0.2) is 86.8 Å². The Kier molecular flexibility index (Phi) is 7.66. The zero-order valence-corrected chi connectivity index (χ0v) is 24.0. The van der Waals surface area contributed by atoms with Crippen molar-refractivity contribution in [2.75, 3.05) is 33.3 Å². The number of H-pyrrole nitrogens is 1. The number of aryl methyl sites for hydroxylation is 1. The van der Waals surface area contributed by atoms with Gasteiger partial charge in [-0.3, -0.25) is 19.1 Å². The second kappa shape index (κ2) is 11.7. The van der Waals surface area contributed by atoms with Crippen LogP contribution in [0.2, 0.25) is 0 Å². The van der Waals surface area contributed by atoms with E-state index in [1.165, 1.54) is 4.90 Å². The lowest BCUT2D eigenvalue weighted by Gasteiger charge is -2.32. The third kappa shape index (κ3) is 5.47. The minimum atomic E-state index is -0.514. The maximum Gasteiger partial charge on any atom is 0.271 e. The number of carbonyl (C=O) groups is 3. The van der Waals surface area contributed by atoms with Crippen molar-refractivity contribution < 1.29 is 23.5 Å². The van der Waals surface area contributed by atoms with Crippen molar-refractivity contribution in [3.05, 3.63) is 71.9 Å². The number of hydrogen-bond donors (Lipinski definition) is 2. The predicted octanol–water partition coefficient (Wildman–Crippen LogP) is 3.24. The summed E-state index contributed by atoms with van der Waals surface area (Å²) in [5.41, 5.74) is 2.79. The van der Waals surface area contributed by atoms with Gasteiger partial charge in [-0.1, -0.05) is 29.5 Å². The van der Waals surface area contributed by atoms with Gasteiger partial charge in [-0.05, 0) is 42.7 Å². The highest BCUT2D eigenvalue weighted by Crippen LogP contribution is 2.40. The summed E-state index contributed by atoms with van der Waals surface area (Å²) in [5, 5.41) is 11.0. The number of benzene rings is 2. The number of amides is 3. The van der Waals surface area contributed by atoms with Gasteiger partial charge in [-0.15, -0.1) is 5.10 Å². The van der Waals surface area contributed by atoms with Gasteiger partial charge in [-0.25, -0.2) is 4.39 Å². The third-order valence-corrected chi connectivity index (χ3v) is 8.06. The minimum absolute atomic E-state index is 0.0556. The highest BCUT2D eigenvalue weighted by Gasteiger charge is 2.31. The van der Waals surface area contributed by atoms with Gasteiger partial charge in [0.15, 0.2) is 5.82 Å². The average Bonchev–Trinajstić information content (AvgIpc) is 3.72. The second-order valence-electron chi connectivity index (χ2n) is 10.8. The van der Waals surface area contributed by atoms with Crippen LogP contribution in [0.3, 0.4) is 0 Å². The van der Waals surface area contributed by atoms with Crippen molar-refractivity contribution in [2.45, 2.75) is 32.4 Å². The molecule has 2 aromatic carbocycles. The predicted molar refractivity (Wildman–Crippen MR) is 158 cm³/mol. The molecule has 2 aliphatic rings. The van der Waals surface area contributed by atoms with Crippen LogP contribution in [0, 0.1) is 5.82 Å². The molecule has 6 rings (SSSR count). The largest absolute Gasteiger partial charge is 0.496 e. The summed E-state index contributed by atoms with van der Waals surface area (Å²) >= 11 is 0. The van der Waals surface area contributed by atoms with Crippen molar-refractivity contribution in [2.24, 2.45) is 0 Å². The van der Waals surface area contributed by atoms with Gasteiger partial charge in [-0.2, -0.15) is 0 Å². The van der Waals surface area contributed by atoms with Crippen molar-refractivity contribution in [3.8, 4) is 16.9 Å². The molecule has 0 unspecified atom stereocenters. The van der Waals surface area contributed by atoms with E-state index in [4.69, 9.17) is 4.74 Å². The fraction of sp³-hybridized carbons (Fsp3) is 0.323. The molecule has 0 radical (unpaired) electrons. The lowest BCUT2D eigenvalue weighted by molar-refractivity contribution is -0.131. The molecule has 1 saturated heterocycles. The molecule has 2 N–H and O–H groups in total. The number of nitrogens with one attached hydrogen (secondary N) is 2. The van der Waals surface area contributed by atoms with E-state index >= 15 is 4.39 Å². The molecule has 0 spiro atoms. The van der Waals surface area contributed by atoms with Crippen LogP contribution in [-0.2, 0) is 16.1 Å². The van der Waals surface area contributed by atoms with E-state index in [9.17, 15) is 14.4 Å². The van der Waals surface area contributed by atoms with Gasteiger partial charge in [0, 0.05) is 54.8 Å². The molecule has 4 aromatic rings. The SMILES string of the molecule is COc1ccccc1-c1cc(C2=CCCN(C(=O)CCn3ccnn3)C2)c(F)c2[nH]c(C(=O)N3CC(=O)NC[C@@H]3C)cc12. The Balaban J connectivity index is 1.39. The van der Waals surface area contributed by atoms with Crippen LogP contribution >= 0.6 is 0 Å². The van der Waals surface area contributed by atoms with Crippen molar-refractivity contribution in [1.82, 2.24) is 35.1 Å². The van der Waals surface area contributed by atoms with Crippen molar-refractivity contribution >= 4 is 34.2 Å². The number of carbonyl (C=O) groups excluding carboxylic acids is 3. The smallest absolute Gasteiger partial charge is 0.271 e. The number of aromatic nitrogens is 4. The number of methoxy groups -OCH3 is 1. The van der Waals surface area contributed by atoms with Crippen LogP contribution in [0.1, 0.15) is 35.8 Å². The molecule has 3 amide bonds. The highest BCUT2D eigenvalue weighted by atomic mass is 19.1. The van der Waals surface area contributed by atoms with Gasteiger partial charge < -0.3 is 24.8 Å². The molecule has 0 bridgehead atoms. The van der Waals surface area contributed by atoms with Gasteiger partial charge in [0.05, 0.1) is 25.4 Å². The molecule has 12 heteroatoms. The van der Waals surface area contributed by atoms with E-state index in [1.807, 2.05) is 37.3 Å². The molecule has 222 valence electrons. The quantitative estimate of drug-likeness (QED) is 0.343. The van der Waals surface area contributed by atoms with Crippen LogP contribution in [0.4, 0.5) is 4.39 Å². The third-order valence-electron chi connectivity index (χ3n) is 8.06. The van der Waals surface area contributed by atoms with Crippen LogP contribution < -0.4 is 10.1 Å². The first-order valence-electron chi connectivity index (χ1n) is 14.2. The fourth-order valence-electron chi connectivity index (χ4n) is 5.74. The van der Waals surface area contributed by atoms with Crippen LogP contribution in [0.25, 0.3) is 27.6 Å². The van der Waals surface area contributed by atoms with Gasteiger partial charge >= 0.3 is 0 Å². The number of ether oxygens (including phenoxy) is 1.